The van der Waals surface area contributed by atoms with Crippen LogP contribution in [0.2, 0.25) is 0 Å². The van der Waals surface area contributed by atoms with Gasteiger partial charge in [0, 0.05) is 25.4 Å². The normalized spacial score (nSPS) is 13.9. The Bertz CT molecular complexity index is 2660. The number of aliphatic imine (C=N–C) groups is 1. The molecule has 15 heteroatoms. The number of anilines is 1. The smallest absolute Gasteiger partial charge is 0.267 e. The number of phenols is 1. The third-order valence-corrected chi connectivity index (χ3v) is 16.3. The highest BCUT2D eigenvalue weighted by atomic mass is 32.2. The number of ether oxygens (including phenoxy) is 2. The topological polar surface area (TPSA) is 169 Å². The Kier molecular flexibility index (Phi) is 19.9. The largest absolute Gasteiger partial charge is 0.508 e. The first-order valence-electron chi connectivity index (χ1n) is 25.2. The summed E-state index contributed by atoms with van der Waals surface area (Å²) in [5.74, 6) is 0.406. The fourth-order valence-electron chi connectivity index (χ4n) is 8.54. The molecule has 2 heterocycles. The highest BCUT2D eigenvalue weighted by molar-refractivity contribution is 7.91. The summed E-state index contributed by atoms with van der Waals surface area (Å²) in [6.45, 7) is 9.13. The number of nitrogens with zero attached hydrogens (tertiary/aromatic N) is 4. The number of rotatable bonds is 29. The van der Waals surface area contributed by atoms with Gasteiger partial charge >= 0.3 is 0 Å². The number of unbranched alkanes of at least 4 members (excludes halogenated alkanes) is 15. The van der Waals surface area contributed by atoms with Crippen molar-refractivity contribution in [3.05, 3.63) is 115 Å². The minimum atomic E-state index is -4.08. The second-order valence-corrected chi connectivity index (χ2v) is 23.0. The van der Waals surface area contributed by atoms with Gasteiger partial charge in [0.05, 0.1) is 34.4 Å². The van der Waals surface area contributed by atoms with Gasteiger partial charge in [0.1, 0.15) is 22.1 Å². The van der Waals surface area contributed by atoms with E-state index in [1.54, 1.807) is 54.9 Å². The van der Waals surface area contributed by atoms with Gasteiger partial charge in [0.15, 0.2) is 11.9 Å². The van der Waals surface area contributed by atoms with E-state index in [1.807, 2.05) is 18.2 Å². The van der Waals surface area contributed by atoms with Crippen molar-refractivity contribution in [3.63, 3.8) is 0 Å². The van der Waals surface area contributed by atoms with Crippen molar-refractivity contribution in [2.45, 2.75) is 163 Å². The number of para-hydroxylation sites is 1. The van der Waals surface area contributed by atoms with Crippen molar-refractivity contribution in [2.75, 3.05) is 25.1 Å². The van der Waals surface area contributed by atoms with Gasteiger partial charge in [0.2, 0.25) is 9.84 Å². The maximum absolute atomic E-state index is 14.8. The van der Waals surface area contributed by atoms with Crippen molar-refractivity contribution in [2.24, 2.45) is 4.99 Å². The number of aromatic hydroxyl groups is 1. The molecule has 4 aromatic carbocycles. The van der Waals surface area contributed by atoms with Crippen molar-refractivity contribution >= 4 is 43.0 Å². The first-order chi connectivity index (χ1) is 33.7. The number of carbonyl (C=O) groups is 1. The molecule has 13 nitrogen and oxygen atoms in total. The van der Waals surface area contributed by atoms with E-state index < -0.39 is 31.8 Å². The number of fused-ring (bicyclic) bond motifs is 1. The second-order valence-electron chi connectivity index (χ2n) is 19.2. The SMILES string of the molecule is CCCCCCCCCCCCCCCCCCN1C(C(C(=O)Nc2cc(C(C)(C)C)ccc2OCCCOc2ccc(S(=O)(=O)c3ccc(O)cc3)cc2)n2cccn2)=Nc2ccccc2S1(=O)=O. The molecule has 1 unspecified atom stereocenters. The molecule has 1 atom stereocenters. The standard InChI is InChI=1S/C55H73N5O8S2/c1-5-6-7-8-9-10-11-12-13-14-15-16-17-18-19-22-39-60-53(57-48-25-20-21-26-51(48)70(60,65)66)52(59-38-23-37-56-59)54(62)58-49-42-43(55(2,3)4)27-36-50(49)68-41-24-40-67-45-30-34-47(35-31-45)69(63,64)46-32-28-44(61)29-33-46/h20-21,23,25-38,42,52,61H,5-19,22,24,39-41H2,1-4H3,(H,58,62). The van der Waals surface area contributed by atoms with E-state index in [4.69, 9.17) is 14.5 Å². The lowest BCUT2D eigenvalue weighted by Gasteiger charge is -2.33. The third-order valence-electron chi connectivity index (χ3n) is 12.6. The summed E-state index contributed by atoms with van der Waals surface area (Å²) in [6.07, 6.45) is 22.9. The van der Waals surface area contributed by atoms with Gasteiger partial charge in [-0.15, -0.1) is 0 Å². The van der Waals surface area contributed by atoms with Crippen LogP contribution in [0.3, 0.4) is 0 Å². The summed E-state index contributed by atoms with van der Waals surface area (Å²) >= 11 is 0. The van der Waals surface area contributed by atoms with Crippen LogP contribution in [0.5, 0.6) is 17.2 Å². The van der Waals surface area contributed by atoms with Crippen molar-refractivity contribution in [1.82, 2.24) is 14.1 Å². The van der Waals surface area contributed by atoms with Crippen molar-refractivity contribution in [1.29, 1.82) is 0 Å². The Hall–Kier alpha value is -5.67. The molecule has 0 saturated carbocycles. The minimum Gasteiger partial charge on any atom is -0.508 e. The van der Waals surface area contributed by atoms with Gasteiger partial charge in [-0.1, -0.05) is 142 Å². The highest BCUT2D eigenvalue weighted by Crippen LogP contribution is 2.37. The predicted molar refractivity (Wildman–Crippen MR) is 278 cm³/mol. The van der Waals surface area contributed by atoms with E-state index >= 15 is 0 Å². The van der Waals surface area contributed by atoms with Gasteiger partial charge < -0.3 is 19.9 Å². The Morgan fingerprint density at radius 3 is 1.87 bits per heavy atom. The Labute approximate surface area is 416 Å². The molecule has 1 amide bonds. The van der Waals surface area contributed by atoms with Crippen LogP contribution >= 0.6 is 0 Å². The summed E-state index contributed by atoms with van der Waals surface area (Å²) in [7, 11) is -7.85. The molecular formula is C55H73N5O8S2. The van der Waals surface area contributed by atoms with E-state index in [0.29, 0.717) is 30.0 Å². The molecule has 6 rings (SSSR count). The van der Waals surface area contributed by atoms with Crippen LogP contribution in [0, 0.1) is 0 Å². The van der Waals surface area contributed by atoms with E-state index in [2.05, 4.69) is 38.1 Å². The molecule has 5 aromatic rings. The quantitative estimate of drug-likeness (QED) is 0.0443. The zero-order chi connectivity index (χ0) is 50.0. The predicted octanol–water partition coefficient (Wildman–Crippen LogP) is 12.7. The number of aromatic nitrogens is 2. The molecule has 0 spiro atoms. The van der Waals surface area contributed by atoms with Gasteiger partial charge in [-0.25, -0.2) is 21.8 Å². The molecule has 1 aromatic heterocycles. The molecule has 0 aliphatic carbocycles. The Balaban J connectivity index is 1.09. The fourth-order valence-corrected chi connectivity index (χ4v) is 11.4. The number of phenolic OH excluding ortho intramolecular Hbond substituents is 1. The minimum absolute atomic E-state index is 0.0211. The van der Waals surface area contributed by atoms with Crippen LogP contribution in [0.15, 0.2) is 129 Å². The molecule has 378 valence electrons. The van der Waals surface area contributed by atoms with E-state index in [9.17, 15) is 26.7 Å². The van der Waals surface area contributed by atoms with Gasteiger partial charge in [-0.05, 0) is 96.3 Å². The molecule has 0 bridgehead atoms. The number of benzene rings is 4. The number of nitrogens with one attached hydrogen (secondary N) is 1. The lowest BCUT2D eigenvalue weighted by molar-refractivity contribution is -0.117. The van der Waals surface area contributed by atoms with Crippen LogP contribution in [0.1, 0.15) is 148 Å². The number of hydrogen-bond donors (Lipinski definition) is 2. The number of hydrogen-bond acceptors (Lipinski definition) is 10. The maximum atomic E-state index is 14.8. The van der Waals surface area contributed by atoms with Crippen LogP contribution in [-0.2, 0) is 30.1 Å². The average molecular weight is 996 g/mol. The lowest BCUT2D eigenvalue weighted by Crippen LogP contribution is -2.47. The Morgan fingerprint density at radius 1 is 0.714 bits per heavy atom. The molecule has 70 heavy (non-hydrogen) atoms. The maximum Gasteiger partial charge on any atom is 0.267 e. The molecule has 0 saturated heterocycles. The molecule has 1 aliphatic rings. The van der Waals surface area contributed by atoms with Crippen LogP contribution < -0.4 is 14.8 Å². The lowest BCUT2D eigenvalue weighted by atomic mass is 9.87. The van der Waals surface area contributed by atoms with E-state index in [1.165, 1.54) is 122 Å². The summed E-state index contributed by atoms with van der Waals surface area (Å²) in [4.78, 5) is 20.0. The summed E-state index contributed by atoms with van der Waals surface area (Å²) in [5, 5.41) is 17.1. The number of sulfone groups is 1. The van der Waals surface area contributed by atoms with Gasteiger partial charge in [0.25, 0.3) is 15.9 Å². The van der Waals surface area contributed by atoms with Gasteiger partial charge in [-0.2, -0.15) is 5.10 Å². The van der Waals surface area contributed by atoms with Gasteiger partial charge in [-0.3, -0.25) is 13.8 Å². The molecular weight excluding hydrogens is 923 g/mol. The van der Waals surface area contributed by atoms with Crippen molar-refractivity contribution in [3.8, 4) is 17.2 Å². The fraction of sp³-hybridized carbons (Fsp3) is 0.473. The zero-order valence-corrected chi connectivity index (χ0v) is 43.2. The molecule has 2 N–H and O–H groups in total. The number of amides is 1. The number of sulfonamides is 1. The summed E-state index contributed by atoms with van der Waals surface area (Å²) < 4.78 is 70.0. The molecule has 0 fully saturated rings. The van der Waals surface area contributed by atoms with Crippen LogP contribution in [-0.4, -0.2) is 67.5 Å². The third kappa shape index (κ3) is 14.9. The first kappa shape index (κ1) is 53.7. The summed E-state index contributed by atoms with van der Waals surface area (Å²) in [5.41, 5.74) is 1.34. The van der Waals surface area contributed by atoms with E-state index in [0.717, 1.165) is 24.8 Å². The molecule has 1 aliphatic heterocycles. The first-order valence-corrected chi connectivity index (χ1v) is 28.2. The Morgan fingerprint density at radius 2 is 1.29 bits per heavy atom. The zero-order valence-electron chi connectivity index (χ0n) is 41.5. The number of amidine groups is 1. The monoisotopic (exact) mass is 995 g/mol. The molecule has 0 radical (unpaired) electrons. The highest BCUT2D eigenvalue weighted by Gasteiger charge is 2.41. The van der Waals surface area contributed by atoms with Crippen LogP contribution in [0.25, 0.3) is 0 Å². The van der Waals surface area contributed by atoms with Crippen LogP contribution in [0.4, 0.5) is 11.4 Å². The van der Waals surface area contributed by atoms with Crippen molar-refractivity contribution < 1.29 is 36.2 Å². The second kappa shape index (κ2) is 26.0. The number of carbonyl (C=O) groups excluding carboxylic acids is 1. The summed E-state index contributed by atoms with van der Waals surface area (Å²) in [6, 6.07) is 24.2. The average Bonchev–Trinajstić information content (AvgIpc) is 3.87. The van der Waals surface area contributed by atoms with E-state index in [-0.39, 0.29) is 57.1 Å².